The lowest BCUT2D eigenvalue weighted by Crippen LogP contribution is -2.24. The second-order valence-electron chi connectivity index (χ2n) is 3.24. The monoisotopic (exact) mass is 211 g/mol. The number of aromatic nitrogens is 2. The van der Waals surface area contributed by atoms with Gasteiger partial charge < -0.3 is 10.0 Å². The van der Waals surface area contributed by atoms with Gasteiger partial charge in [0.05, 0.1) is 0 Å². The summed E-state index contributed by atoms with van der Waals surface area (Å²) in [6.45, 7) is 2.26. The van der Waals surface area contributed by atoms with E-state index in [9.17, 15) is 9.59 Å². The maximum atomic E-state index is 11.6. The van der Waals surface area contributed by atoms with E-state index in [1.54, 1.807) is 21.0 Å². The van der Waals surface area contributed by atoms with Crippen molar-refractivity contribution >= 4 is 11.9 Å². The minimum absolute atomic E-state index is 0.109. The normalized spacial score (nSPS) is 10.1. The third-order valence-electron chi connectivity index (χ3n) is 1.92. The summed E-state index contributed by atoms with van der Waals surface area (Å²) in [4.78, 5) is 23.7. The van der Waals surface area contributed by atoms with Gasteiger partial charge in [-0.25, -0.2) is 4.79 Å². The van der Waals surface area contributed by atoms with Crippen LogP contribution in [0.25, 0.3) is 0 Å². The molecule has 0 bridgehead atoms. The largest absolute Gasteiger partial charge is 0.476 e. The molecule has 0 fully saturated rings. The molecule has 1 aromatic rings. The van der Waals surface area contributed by atoms with Gasteiger partial charge in [-0.15, -0.1) is 0 Å². The number of carboxylic acids is 1. The predicted octanol–water partition coefficient (Wildman–Crippen LogP) is 0.303. The number of hydrogen-bond donors (Lipinski definition) is 1. The number of rotatable bonds is 3. The fraction of sp³-hybridized carbons (Fsp3) is 0.444. The van der Waals surface area contributed by atoms with Gasteiger partial charge in [0.25, 0.3) is 5.91 Å². The van der Waals surface area contributed by atoms with Crippen molar-refractivity contribution in [2.24, 2.45) is 0 Å². The maximum absolute atomic E-state index is 11.6. The number of carboxylic acid groups (broad SMARTS) is 1. The van der Waals surface area contributed by atoms with Gasteiger partial charge in [-0.2, -0.15) is 5.10 Å². The lowest BCUT2D eigenvalue weighted by atomic mass is 10.3. The van der Waals surface area contributed by atoms with E-state index in [4.69, 9.17) is 5.11 Å². The first kappa shape index (κ1) is 11.2. The summed E-state index contributed by atoms with van der Waals surface area (Å²) < 4.78 is 1.38. The molecule has 0 radical (unpaired) electrons. The van der Waals surface area contributed by atoms with Crippen LogP contribution in [0.15, 0.2) is 6.07 Å². The van der Waals surface area contributed by atoms with E-state index >= 15 is 0 Å². The molecule has 0 saturated carbocycles. The van der Waals surface area contributed by atoms with E-state index in [1.165, 1.54) is 15.6 Å². The highest BCUT2D eigenvalue weighted by Gasteiger charge is 2.18. The van der Waals surface area contributed by atoms with Gasteiger partial charge >= 0.3 is 5.97 Å². The van der Waals surface area contributed by atoms with Gasteiger partial charge in [-0.05, 0) is 6.92 Å². The molecule has 1 amide bonds. The first-order chi connectivity index (χ1) is 6.97. The molecule has 1 aromatic heterocycles. The molecule has 1 heterocycles. The molecule has 0 atom stereocenters. The van der Waals surface area contributed by atoms with E-state index in [2.05, 4.69) is 5.10 Å². The molecule has 1 N–H and O–H groups in total. The topological polar surface area (TPSA) is 75.4 Å². The summed E-state index contributed by atoms with van der Waals surface area (Å²) in [5.41, 5.74) is 0.182. The predicted molar refractivity (Wildman–Crippen MR) is 52.9 cm³/mol. The van der Waals surface area contributed by atoms with Crippen molar-refractivity contribution in [2.75, 3.05) is 14.1 Å². The van der Waals surface area contributed by atoms with Gasteiger partial charge in [-0.1, -0.05) is 0 Å². The molecule has 6 nitrogen and oxygen atoms in total. The molecular weight excluding hydrogens is 198 g/mol. The summed E-state index contributed by atoms with van der Waals surface area (Å²) in [6, 6.07) is 1.29. The first-order valence-corrected chi connectivity index (χ1v) is 4.50. The van der Waals surface area contributed by atoms with Crippen LogP contribution in [-0.2, 0) is 6.54 Å². The number of aromatic carboxylic acids is 1. The SMILES string of the molecule is CCn1nc(C(=O)O)cc1C(=O)N(C)C. The highest BCUT2D eigenvalue weighted by Crippen LogP contribution is 2.07. The Balaban J connectivity index is 3.16. The summed E-state index contributed by atoms with van der Waals surface area (Å²) in [6.07, 6.45) is 0. The second-order valence-corrected chi connectivity index (χ2v) is 3.24. The van der Waals surface area contributed by atoms with E-state index in [0.29, 0.717) is 12.2 Å². The summed E-state index contributed by atoms with van der Waals surface area (Å²) in [5.74, 6) is -1.38. The van der Waals surface area contributed by atoms with E-state index in [1.807, 2.05) is 0 Å². The van der Waals surface area contributed by atoms with Gasteiger partial charge in [-0.3, -0.25) is 9.48 Å². The molecule has 0 unspecified atom stereocenters. The number of amides is 1. The minimum atomic E-state index is -1.13. The zero-order valence-electron chi connectivity index (χ0n) is 8.89. The zero-order valence-corrected chi connectivity index (χ0v) is 8.89. The molecule has 0 spiro atoms. The number of nitrogens with zero attached hydrogens (tertiary/aromatic N) is 3. The molecule has 1 rings (SSSR count). The van der Waals surface area contributed by atoms with Crippen LogP contribution in [0.2, 0.25) is 0 Å². The number of aryl methyl sites for hydroxylation is 1. The van der Waals surface area contributed by atoms with Crippen molar-refractivity contribution in [1.29, 1.82) is 0 Å². The second kappa shape index (κ2) is 4.12. The average Bonchev–Trinajstić information content (AvgIpc) is 2.59. The van der Waals surface area contributed by atoms with Gasteiger partial charge in [0.15, 0.2) is 5.69 Å². The molecule has 15 heavy (non-hydrogen) atoms. The molecule has 6 heteroatoms. The molecular formula is C9H13N3O3. The number of hydrogen-bond acceptors (Lipinski definition) is 3. The average molecular weight is 211 g/mol. The third-order valence-corrected chi connectivity index (χ3v) is 1.92. The van der Waals surface area contributed by atoms with Crippen molar-refractivity contribution in [1.82, 2.24) is 14.7 Å². The quantitative estimate of drug-likeness (QED) is 0.780. The van der Waals surface area contributed by atoms with Crippen molar-refractivity contribution in [3.63, 3.8) is 0 Å². The Kier molecular flexibility index (Phi) is 3.08. The Labute approximate surface area is 87.1 Å². The molecule has 0 aliphatic heterocycles. The number of carbonyl (C=O) groups excluding carboxylic acids is 1. The molecule has 0 saturated heterocycles. The highest BCUT2D eigenvalue weighted by atomic mass is 16.4. The van der Waals surface area contributed by atoms with Crippen LogP contribution >= 0.6 is 0 Å². The fourth-order valence-electron chi connectivity index (χ4n) is 1.16. The maximum Gasteiger partial charge on any atom is 0.356 e. The number of carbonyl (C=O) groups is 2. The Hall–Kier alpha value is -1.85. The van der Waals surface area contributed by atoms with Crippen LogP contribution in [0, 0.1) is 0 Å². The Morgan fingerprint density at radius 2 is 2.13 bits per heavy atom. The molecule has 0 aliphatic carbocycles. The van der Waals surface area contributed by atoms with Crippen LogP contribution in [0.5, 0.6) is 0 Å². The van der Waals surface area contributed by atoms with Crippen LogP contribution in [0.4, 0.5) is 0 Å². The lowest BCUT2D eigenvalue weighted by molar-refractivity contribution is 0.0689. The lowest BCUT2D eigenvalue weighted by Gasteiger charge is -2.10. The molecule has 82 valence electrons. The first-order valence-electron chi connectivity index (χ1n) is 4.50. The Bertz CT molecular complexity index is 395. The van der Waals surface area contributed by atoms with Crippen LogP contribution in [0.1, 0.15) is 27.9 Å². The molecule has 0 aliphatic rings. The van der Waals surface area contributed by atoms with E-state index in [-0.39, 0.29) is 11.6 Å². The summed E-state index contributed by atoms with van der Waals surface area (Å²) >= 11 is 0. The third kappa shape index (κ3) is 2.15. The van der Waals surface area contributed by atoms with Gasteiger partial charge in [0.2, 0.25) is 0 Å². The van der Waals surface area contributed by atoms with E-state index < -0.39 is 5.97 Å². The van der Waals surface area contributed by atoms with Crippen molar-refractivity contribution in [2.45, 2.75) is 13.5 Å². The zero-order chi connectivity index (χ0) is 11.6. The minimum Gasteiger partial charge on any atom is -0.476 e. The van der Waals surface area contributed by atoms with Crippen LogP contribution in [0.3, 0.4) is 0 Å². The van der Waals surface area contributed by atoms with E-state index in [0.717, 1.165) is 0 Å². The Morgan fingerprint density at radius 3 is 2.53 bits per heavy atom. The van der Waals surface area contributed by atoms with Crippen LogP contribution < -0.4 is 0 Å². The molecule has 0 aromatic carbocycles. The van der Waals surface area contributed by atoms with Crippen molar-refractivity contribution in [3.8, 4) is 0 Å². The standard InChI is InChI=1S/C9H13N3O3/c1-4-12-7(8(13)11(2)3)5-6(10-12)9(14)15/h5H,4H2,1-3H3,(H,14,15). The summed E-state index contributed by atoms with van der Waals surface area (Å²) in [7, 11) is 3.21. The fourth-order valence-corrected chi connectivity index (χ4v) is 1.16. The Morgan fingerprint density at radius 1 is 1.53 bits per heavy atom. The van der Waals surface area contributed by atoms with Gasteiger partial charge in [0.1, 0.15) is 5.69 Å². The van der Waals surface area contributed by atoms with Crippen molar-refractivity contribution in [3.05, 3.63) is 17.5 Å². The smallest absolute Gasteiger partial charge is 0.356 e. The van der Waals surface area contributed by atoms with Gasteiger partial charge in [0, 0.05) is 26.7 Å². The van der Waals surface area contributed by atoms with Crippen molar-refractivity contribution < 1.29 is 14.7 Å². The summed E-state index contributed by atoms with van der Waals surface area (Å²) in [5, 5.41) is 12.5. The highest BCUT2D eigenvalue weighted by molar-refractivity contribution is 5.95. The van der Waals surface area contributed by atoms with Crippen LogP contribution in [-0.4, -0.2) is 45.8 Å².